The molecule has 100 valence electrons. The van der Waals surface area contributed by atoms with E-state index in [4.69, 9.17) is 9.84 Å². The van der Waals surface area contributed by atoms with Crippen LogP contribution in [0.25, 0.3) is 10.9 Å². The number of rotatable bonds is 5. The fraction of sp³-hybridized carbons (Fsp3) is 0.267. The van der Waals surface area contributed by atoms with Crippen LogP contribution in [0.1, 0.15) is 13.8 Å². The number of hydrogen-bond acceptors (Lipinski definition) is 2. The molecule has 0 aliphatic carbocycles. The van der Waals surface area contributed by atoms with Gasteiger partial charge in [0, 0.05) is 23.7 Å². The first kappa shape index (κ1) is 13.2. The molecular weight excluding hydrogens is 242 g/mol. The Hall–Kier alpha value is -2.23. The van der Waals surface area contributed by atoms with Gasteiger partial charge in [-0.05, 0) is 32.0 Å². The van der Waals surface area contributed by atoms with Gasteiger partial charge < -0.3 is 14.4 Å². The largest absolute Gasteiger partial charge is 0.493 e. The van der Waals surface area contributed by atoms with Crippen molar-refractivity contribution in [1.29, 1.82) is 0 Å². The monoisotopic (exact) mass is 259 g/mol. The molecule has 2 aromatic rings. The Kier molecular flexibility index (Phi) is 3.90. The zero-order valence-electron chi connectivity index (χ0n) is 11.1. The minimum Gasteiger partial charge on any atom is -0.493 e. The Bertz CT molecular complexity index is 625. The zero-order chi connectivity index (χ0) is 13.8. The Morgan fingerprint density at radius 3 is 2.89 bits per heavy atom. The minimum absolute atomic E-state index is 0.350. The maximum absolute atomic E-state index is 10.8. The van der Waals surface area contributed by atoms with Gasteiger partial charge >= 0.3 is 5.97 Å². The average molecular weight is 259 g/mol. The summed E-state index contributed by atoms with van der Waals surface area (Å²) in [6.45, 7) is 4.72. The van der Waals surface area contributed by atoms with E-state index >= 15 is 0 Å². The van der Waals surface area contributed by atoms with Gasteiger partial charge in [0.05, 0.1) is 12.1 Å². The number of nitrogens with zero attached hydrogens (tertiary/aromatic N) is 1. The Balaban J connectivity index is 2.33. The summed E-state index contributed by atoms with van der Waals surface area (Å²) < 4.78 is 7.58. The van der Waals surface area contributed by atoms with E-state index < -0.39 is 5.97 Å². The summed E-state index contributed by atoms with van der Waals surface area (Å²) in [5.74, 6) is -0.0239. The first-order chi connectivity index (χ1) is 9.13. The summed E-state index contributed by atoms with van der Waals surface area (Å²) in [5.41, 5.74) is 1.39. The normalized spacial score (nSPS) is 11.8. The third kappa shape index (κ3) is 2.78. The molecule has 4 heteroatoms. The number of fused-ring (bicyclic) bond motifs is 1. The third-order valence-corrected chi connectivity index (χ3v) is 3.01. The van der Waals surface area contributed by atoms with Crippen LogP contribution >= 0.6 is 0 Å². The number of carbonyl (C=O) groups is 1. The van der Waals surface area contributed by atoms with Crippen LogP contribution in [0.3, 0.4) is 0 Å². The second kappa shape index (κ2) is 5.61. The number of aromatic nitrogens is 1. The van der Waals surface area contributed by atoms with Gasteiger partial charge in [0.15, 0.2) is 0 Å². The minimum atomic E-state index is -0.883. The van der Waals surface area contributed by atoms with Gasteiger partial charge in [-0.2, -0.15) is 0 Å². The van der Waals surface area contributed by atoms with Crippen LogP contribution < -0.4 is 4.74 Å². The van der Waals surface area contributed by atoms with Gasteiger partial charge in [-0.3, -0.25) is 0 Å². The fourth-order valence-corrected chi connectivity index (χ4v) is 1.96. The molecule has 0 spiro atoms. The molecule has 0 saturated heterocycles. The highest BCUT2D eigenvalue weighted by Gasteiger charge is 2.06. The number of ether oxygens (including phenoxy) is 1. The molecule has 0 atom stereocenters. The summed E-state index contributed by atoms with van der Waals surface area (Å²) in [7, 11) is 0. The van der Waals surface area contributed by atoms with E-state index in [1.54, 1.807) is 13.0 Å². The molecule has 0 fully saturated rings. The van der Waals surface area contributed by atoms with Crippen molar-refractivity contribution in [3.05, 3.63) is 42.1 Å². The lowest BCUT2D eigenvalue weighted by atomic mass is 10.2. The molecule has 0 aliphatic heterocycles. The van der Waals surface area contributed by atoms with Gasteiger partial charge in [0.2, 0.25) is 0 Å². The standard InChI is InChI=1S/C15H17NO3/c1-3-19-14-6-4-5-13-12(14)8-10-16(13)9-7-11(2)15(17)18/h4-8,10H,3,9H2,1-2H3,(H,17,18)/b11-7-. The molecule has 0 radical (unpaired) electrons. The molecule has 19 heavy (non-hydrogen) atoms. The second-order valence-electron chi connectivity index (χ2n) is 4.28. The van der Waals surface area contributed by atoms with Crippen LogP contribution in [0.15, 0.2) is 42.1 Å². The number of aliphatic carboxylic acids is 1. The summed E-state index contributed by atoms with van der Waals surface area (Å²) in [5, 5.41) is 9.89. The molecule has 1 aromatic carbocycles. The summed E-state index contributed by atoms with van der Waals surface area (Å²) >= 11 is 0. The number of allylic oxidation sites excluding steroid dienone is 1. The molecule has 4 nitrogen and oxygen atoms in total. The van der Waals surface area contributed by atoms with Crippen molar-refractivity contribution in [3.63, 3.8) is 0 Å². The van der Waals surface area contributed by atoms with E-state index in [2.05, 4.69) is 0 Å². The molecule has 0 saturated carbocycles. The van der Waals surface area contributed by atoms with Crippen molar-refractivity contribution < 1.29 is 14.6 Å². The van der Waals surface area contributed by atoms with Gasteiger partial charge in [-0.1, -0.05) is 12.1 Å². The van der Waals surface area contributed by atoms with Crippen LogP contribution in [0.5, 0.6) is 5.75 Å². The third-order valence-electron chi connectivity index (χ3n) is 3.01. The van der Waals surface area contributed by atoms with Crippen LogP contribution in [-0.2, 0) is 11.3 Å². The van der Waals surface area contributed by atoms with Crippen molar-refractivity contribution in [3.8, 4) is 5.75 Å². The fourth-order valence-electron chi connectivity index (χ4n) is 1.96. The maximum atomic E-state index is 10.8. The van der Waals surface area contributed by atoms with Crippen molar-refractivity contribution in [2.24, 2.45) is 0 Å². The van der Waals surface area contributed by atoms with E-state index in [0.717, 1.165) is 16.7 Å². The smallest absolute Gasteiger partial charge is 0.331 e. The molecule has 1 N–H and O–H groups in total. The summed E-state index contributed by atoms with van der Waals surface area (Å²) in [4.78, 5) is 10.8. The van der Waals surface area contributed by atoms with Crippen LogP contribution in [-0.4, -0.2) is 22.2 Å². The van der Waals surface area contributed by atoms with Crippen molar-refractivity contribution in [1.82, 2.24) is 4.57 Å². The Morgan fingerprint density at radius 1 is 1.42 bits per heavy atom. The van der Waals surface area contributed by atoms with Gasteiger partial charge in [0.1, 0.15) is 5.75 Å². The van der Waals surface area contributed by atoms with Gasteiger partial charge in [0.25, 0.3) is 0 Å². The number of benzene rings is 1. The van der Waals surface area contributed by atoms with E-state index in [1.165, 1.54) is 0 Å². The van der Waals surface area contributed by atoms with E-state index in [-0.39, 0.29) is 0 Å². The molecule has 1 aromatic heterocycles. The number of carboxylic acids is 1. The van der Waals surface area contributed by atoms with Gasteiger partial charge in [-0.15, -0.1) is 0 Å². The van der Waals surface area contributed by atoms with Crippen molar-refractivity contribution in [2.75, 3.05) is 6.61 Å². The van der Waals surface area contributed by atoms with Crippen molar-refractivity contribution >= 4 is 16.9 Å². The molecule has 0 aliphatic rings. The molecule has 0 amide bonds. The summed E-state index contributed by atoms with van der Waals surface area (Å²) in [6.07, 6.45) is 3.65. The lowest BCUT2D eigenvalue weighted by molar-refractivity contribution is -0.132. The topological polar surface area (TPSA) is 51.5 Å². The molecule has 1 heterocycles. The lowest BCUT2D eigenvalue weighted by Gasteiger charge is -2.06. The van der Waals surface area contributed by atoms with Crippen LogP contribution in [0, 0.1) is 0 Å². The van der Waals surface area contributed by atoms with Crippen molar-refractivity contribution in [2.45, 2.75) is 20.4 Å². The maximum Gasteiger partial charge on any atom is 0.331 e. The Labute approximate surface area is 111 Å². The highest BCUT2D eigenvalue weighted by atomic mass is 16.5. The number of hydrogen-bond donors (Lipinski definition) is 1. The average Bonchev–Trinajstić information content (AvgIpc) is 2.80. The predicted molar refractivity (Wildman–Crippen MR) is 74.5 cm³/mol. The molecule has 0 bridgehead atoms. The second-order valence-corrected chi connectivity index (χ2v) is 4.28. The SMILES string of the molecule is CCOc1cccc2c1ccn2C/C=C(/C)C(=O)O. The quantitative estimate of drug-likeness (QED) is 0.839. The Morgan fingerprint density at radius 2 is 2.21 bits per heavy atom. The van der Waals surface area contributed by atoms with Crippen LogP contribution in [0.2, 0.25) is 0 Å². The molecule has 0 unspecified atom stereocenters. The van der Waals surface area contributed by atoms with Gasteiger partial charge in [-0.25, -0.2) is 4.79 Å². The predicted octanol–water partition coefficient (Wildman–Crippen LogP) is 3.07. The van der Waals surface area contributed by atoms with E-state index in [9.17, 15) is 4.79 Å². The first-order valence-electron chi connectivity index (χ1n) is 6.24. The highest BCUT2D eigenvalue weighted by Crippen LogP contribution is 2.26. The molecular formula is C15H17NO3. The zero-order valence-corrected chi connectivity index (χ0v) is 11.1. The lowest BCUT2D eigenvalue weighted by Crippen LogP contribution is -2.00. The van der Waals surface area contributed by atoms with E-state index in [0.29, 0.717) is 18.7 Å². The van der Waals surface area contributed by atoms with Crippen LogP contribution in [0.4, 0.5) is 0 Å². The van der Waals surface area contributed by atoms with E-state index in [1.807, 2.05) is 42.0 Å². The number of carboxylic acid groups (broad SMARTS) is 1. The summed E-state index contributed by atoms with van der Waals surface area (Å²) in [6, 6.07) is 7.87. The molecule has 2 rings (SSSR count). The first-order valence-corrected chi connectivity index (χ1v) is 6.24. The highest BCUT2D eigenvalue weighted by molar-refractivity contribution is 5.87.